The summed E-state index contributed by atoms with van der Waals surface area (Å²) in [5, 5.41) is 10.4. The number of hydrogen-bond donors (Lipinski definition) is 1. The molecule has 0 saturated carbocycles. The van der Waals surface area contributed by atoms with Gasteiger partial charge in [0.1, 0.15) is 11.7 Å². The Hall–Kier alpha value is -1.12. The molecule has 1 N–H and O–H groups in total. The molecule has 2 unspecified atom stereocenters. The van der Waals surface area contributed by atoms with Gasteiger partial charge in [0, 0.05) is 7.11 Å². The fourth-order valence-electron chi connectivity index (χ4n) is 2.29. The van der Waals surface area contributed by atoms with Crippen molar-refractivity contribution in [1.82, 2.24) is 0 Å². The van der Waals surface area contributed by atoms with Gasteiger partial charge in [-0.2, -0.15) is 0 Å². The molecule has 0 spiro atoms. The van der Waals surface area contributed by atoms with E-state index in [1.54, 1.807) is 7.11 Å². The minimum absolute atomic E-state index is 0.542. The lowest BCUT2D eigenvalue weighted by molar-refractivity contribution is -0.0793. The van der Waals surface area contributed by atoms with Crippen molar-refractivity contribution in [2.75, 3.05) is 7.11 Å². The lowest BCUT2D eigenvalue weighted by atomic mass is 9.83. The van der Waals surface area contributed by atoms with Crippen molar-refractivity contribution < 1.29 is 9.84 Å². The summed E-state index contributed by atoms with van der Waals surface area (Å²) >= 11 is 0. The zero-order chi connectivity index (χ0) is 11.4. The van der Waals surface area contributed by atoms with Crippen LogP contribution < -0.4 is 0 Å². The Morgan fingerprint density at radius 3 is 2.62 bits per heavy atom. The molecule has 2 atom stereocenters. The lowest BCUT2D eigenvalue weighted by Crippen LogP contribution is -2.37. The maximum absolute atomic E-state index is 10.4. The van der Waals surface area contributed by atoms with Crippen LogP contribution in [0.4, 0.5) is 0 Å². The standard InChI is InChI=1S/C14H18O2/c1-16-14(10-6-3-7-11-14)13(15)12-8-4-2-5-9-12/h2,4-6,8-10,13,15H,3,7,11H2,1H3. The van der Waals surface area contributed by atoms with E-state index in [-0.39, 0.29) is 0 Å². The van der Waals surface area contributed by atoms with Gasteiger partial charge in [0.05, 0.1) is 0 Å². The molecule has 0 amide bonds. The molecule has 1 aliphatic carbocycles. The summed E-state index contributed by atoms with van der Waals surface area (Å²) in [6, 6.07) is 9.71. The molecule has 1 aromatic rings. The van der Waals surface area contributed by atoms with Crippen molar-refractivity contribution in [2.45, 2.75) is 31.0 Å². The first kappa shape index (κ1) is 11.4. The van der Waals surface area contributed by atoms with E-state index in [9.17, 15) is 5.11 Å². The summed E-state index contributed by atoms with van der Waals surface area (Å²) in [5.74, 6) is 0. The molecule has 1 aliphatic rings. The molecule has 1 aromatic carbocycles. The molecule has 0 saturated heterocycles. The number of allylic oxidation sites excluding steroid dienone is 1. The van der Waals surface area contributed by atoms with Crippen LogP contribution in [-0.4, -0.2) is 17.8 Å². The number of benzene rings is 1. The lowest BCUT2D eigenvalue weighted by Gasteiger charge is -2.36. The van der Waals surface area contributed by atoms with Crippen LogP contribution in [0.1, 0.15) is 30.9 Å². The van der Waals surface area contributed by atoms with Gasteiger partial charge < -0.3 is 9.84 Å². The predicted octanol–water partition coefficient (Wildman–Crippen LogP) is 2.85. The van der Waals surface area contributed by atoms with E-state index in [2.05, 4.69) is 6.08 Å². The van der Waals surface area contributed by atoms with E-state index >= 15 is 0 Å². The molecule has 0 heterocycles. The topological polar surface area (TPSA) is 29.5 Å². The molecule has 0 radical (unpaired) electrons. The van der Waals surface area contributed by atoms with Crippen LogP contribution in [0.5, 0.6) is 0 Å². The minimum atomic E-state index is -0.588. The van der Waals surface area contributed by atoms with E-state index in [0.29, 0.717) is 0 Å². The van der Waals surface area contributed by atoms with E-state index < -0.39 is 11.7 Å². The molecule has 16 heavy (non-hydrogen) atoms. The molecule has 0 aromatic heterocycles. The van der Waals surface area contributed by atoms with Gasteiger partial charge in [-0.05, 0) is 24.8 Å². The number of methoxy groups -OCH3 is 1. The van der Waals surface area contributed by atoms with E-state index in [0.717, 1.165) is 24.8 Å². The van der Waals surface area contributed by atoms with Gasteiger partial charge >= 0.3 is 0 Å². The molecule has 2 heteroatoms. The fourth-order valence-corrected chi connectivity index (χ4v) is 2.29. The van der Waals surface area contributed by atoms with Crippen molar-refractivity contribution in [1.29, 1.82) is 0 Å². The number of aliphatic hydroxyl groups is 1. The van der Waals surface area contributed by atoms with Crippen LogP contribution in [0.25, 0.3) is 0 Å². The average Bonchev–Trinajstić information content (AvgIpc) is 2.39. The SMILES string of the molecule is COC1(C(O)c2ccccc2)C=CCCC1. The van der Waals surface area contributed by atoms with Crippen LogP contribution in [0.2, 0.25) is 0 Å². The molecule has 0 bridgehead atoms. The number of hydrogen-bond acceptors (Lipinski definition) is 2. The van der Waals surface area contributed by atoms with Crippen molar-refractivity contribution >= 4 is 0 Å². The van der Waals surface area contributed by atoms with Gasteiger partial charge in [-0.1, -0.05) is 42.5 Å². The largest absolute Gasteiger partial charge is 0.385 e. The number of ether oxygens (including phenoxy) is 1. The summed E-state index contributed by atoms with van der Waals surface area (Å²) in [6.07, 6.45) is 6.53. The Bertz CT molecular complexity index is 358. The second-order valence-electron chi connectivity index (χ2n) is 4.27. The first-order valence-electron chi connectivity index (χ1n) is 5.74. The van der Waals surface area contributed by atoms with Gasteiger partial charge in [0.25, 0.3) is 0 Å². The Kier molecular flexibility index (Phi) is 3.42. The highest BCUT2D eigenvalue weighted by molar-refractivity contribution is 5.24. The van der Waals surface area contributed by atoms with E-state index in [4.69, 9.17) is 4.74 Å². The average molecular weight is 218 g/mol. The molecule has 0 aliphatic heterocycles. The molecule has 86 valence electrons. The molecular weight excluding hydrogens is 200 g/mol. The van der Waals surface area contributed by atoms with Gasteiger partial charge in [0.2, 0.25) is 0 Å². The third-order valence-electron chi connectivity index (χ3n) is 3.30. The number of rotatable bonds is 3. The first-order valence-corrected chi connectivity index (χ1v) is 5.74. The van der Waals surface area contributed by atoms with Crippen molar-refractivity contribution in [3.8, 4) is 0 Å². The summed E-state index contributed by atoms with van der Waals surface area (Å²) in [4.78, 5) is 0. The normalized spacial score (nSPS) is 26.6. The Morgan fingerprint density at radius 1 is 1.31 bits per heavy atom. The van der Waals surface area contributed by atoms with Gasteiger partial charge in [-0.25, -0.2) is 0 Å². The monoisotopic (exact) mass is 218 g/mol. The minimum Gasteiger partial charge on any atom is -0.385 e. The highest BCUT2D eigenvalue weighted by Crippen LogP contribution is 2.37. The zero-order valence-corrected chi connectivity index (χ0v) is 9.60. The van der Waals surface area contributed by atoms with Gasteiger partial charge in [0.15, 0.2) is 0 Å². The Labute approximate surface area is 96.6 Å². The Balaban J connectivity index is 2.28. The number of aliphatic hydroxyl groups excluding tert-OH is 1. The summed E-state index contributed by atoms with van der Waals surface area (Å²) in [7, 11) is 1.67. The van der Waals surface area contributed by atoms with Crippen LogP contribution in [-0.2, 0) is 4.74 Å². The van der Waals surface area contributed by atoms with Crippen molar-refractivity contribution in [3.63, 3.8) is 0 Å². The second-order valence-corrected chi connectivity index (χ2v) is 4.27. The molecule has 2 nitrogen and oxygen atoms in total. The summed E-state index contributed by atoms with van der Waals surface area (Å²) < 4.78 is 5.56. The third kappa shape index (κ3) is 2.04. The van der Waals surface area contributed by atoms with E-state index in [1.807, 2.05) is 36.4 Å². The van der Waals surface area contributed by atoms with E-state index in [1.165, 1.54) is 0 Å². The zero-order valence-electron chi connectivity index (χ0n) is 9.60. The van der Waals surface area contributed by atoms with Crippen LogP contribution in [0, 0.1) is 0 Å². The predicted molar refractivity (Wildman–Crippen MR) is 64.1 cm³/mol. The van der Waals surface area contributed by atoms with Crippen LogP contribution >= 0.6 is 0 Å². The maximum Gasteiger partial charge on any atom is 0.116 e. The smallest absolute Gasteiger partial charge is 0.116 e. The molecule has 2 rings (SSSR count). The highest BCUT2D eigenvalue weighted by Gasteiger charge is 2.37. The molecular formula is C14H18O2. The summed E-state index contributed by atoms with van der Waals surface area (Å²) in [5.41, 5.74) is 0.371. The third-order valence-corrected chi connectivity index (χ3v) is 3.30. The quantitative estimate of drug-likeness (QED) is 0.790. The van der Waals surface area contributed by atoms with Crippen LogP contribution in [0.3, 0.4) is 0 Å². The first-order chi connectivity index (χ1) is 7.78. The Morgan fingerprint density at radius 2 is 2.06 bits per heavy atom. The summed E-state index contributed by atoms with van der Waals surface area (Å²) in [6.45, 7) is 0. The van der Waals surface area contributed by atoms with Crippen molar-refractivity contribution in [2.24, 2.45) is 0 Å². The maximum atomic E-state index is 10.4. The highest BCUT2D eigenvalue weighted by atomic mass is 16.5. The fraction of sp³-hybridized carbons (Fsp3) is 0.429. The molecule has 0 fully saturated rings. The van der Waals surface area contributed by atoms with Crippen molar-refractivity contribution in [3.05, 3.63) is 48.0 Å². The second kappa shape index (κ2) is 4.81. The van der Waals surface area contributed by atoms with Gasteiger partial charge in [-0.3, -0.25) is 0 Å². The van der Waals surface area contributed by atoms with Crippen LogP contribution in [0.15, 0.2) is 42.5 Å². The van der Waals surface area contributed by atoms with Gasteiger partial charge in [-0.15, -0.1) is 0 Å².